The van der Waals surface area contributed by atoms with Crippen molar-refractivity contribution in [3.63, 3.8) is 0 Å². The maximum Gasteiger partial charge on any atom is 0.239 e. The standard InChI is InChI=1S/C32H38O20/c1-9-19(38)24(43)29(52-30-25(44)20(39)15(37)7-46-30)32(48-9)47-8-17-21(40)23(42)26(45)31(50-17)51-28-22(41)18-14(36)5-11(33)6-16(18)49-27(28)10-2-3-12(34)13(35)4-10/h2-6,9,15,17,19-21,23-26,29-40,42-45H,7-8H2,1H3/t9-,15-,17+,19+,20+,21-,23+,24-,25-,26-,29-,30-,31+,32-/m1/s1. The van der Waals surface area contributed by atoms with Crippen molar-refractivity contribution < 1.29 is 94.1 Å². The van der Waals surface area contributed by atoms with Crippen LogP contribution in [-0.4, -0.2) is 161 Å². The molecule has 3 aliphatic rings. The summed E-state index contributed by atoms with van der Waals surface area (Å²) in [4.78, 5) is 13.8. The number of aromatic hydroxyl groups is 4. The molecule has 0 spiro atoms. The van der Waals surface area contributed by atoms with Crippen LogP contribution in [0.1, 0.15) is 6.92 Å². The van der Waals surface area contributed by atoms with Crippen LogP contribution in [0.5, 0.6) is 28.7 Å². The molecule has 3 aromatic rings. The fourth-order valence-corrected chi connectivity index (χ4v) is 6.02. The molecule has 6 rings (SSSR count). The first-order valence-corrected chi connectivity index (χ1v) is 15.9. The number of rotatable bonds is 8. The molecule has 0 radical (unpaired) electrons. The summed E-state index contributed by atoms with van der Waals surface area (Å²) in [6, 6.07) is 5.14. The van der Waals surface area contributed by atoms with E-state index in [1.807, 2.05) is 0 Å². The molecule has 3 saturated heterocycles. The van der Waals surface area contributed by atoms with Gasteiger partial charge in [-0.2, -0.15) is 0 Å². The van der Waals surface area contributed by atoms with Gasteiger partial charge in [-0.1, -0.05) is 0 Å². The van der Waals surface area contributed by atoms with Crippen LogP contribution in [0.3, 0.4) is 0 Å². The summed E-state index contributed by atoms with van der Waals surface area (Å²) in [6.07, 6.45) is -23.5. The number of ether oxygens (including phenoxy) is 6. The highest BCUT2D eigenvalue weighted by Crippen LogP contribution is 2.39. The lowest BCUT2D eigenvalue weighted by molar-refractivity contribution is -0.359. The van der Waals surface area contributed by atoms with Gasteiger partial charge in [0.25, 0.3) is 0 Å². The van der Waals surface area contributed by atoms with Crippen LogP contribution < -0.4 is 10.2 Å². The molecule has 3 aliphatic heterocycles. The molecule has 20 heteroatoms. The van der Waals surface area contributed by atoms with E-state index in [-0.39, 0.29) is 11.1 Å². The molecule has 286 valence electrons. The van der Waals surface area contributed by atoms with Gasteiger partial charge in [0, 0.05) is 17.7 Å². The number of aliphatic hydroxyl groups excluding tert-OH is 8. The van der Waals surface area contributed by atoms with Crippen LogP contribution in [0, 0.1) is 0 Å². The van der Waals surface area contributed by atoms with Crippen molar-refractivity contribution in [3.05, 3.63) is 40.6 Å². The van der Waals surface area contributed by atoms with E-state index < -0.39 is 145 Å². The third-order valence-electron chi connectivity index (χ3n) is 9.01. The first kappa shape index (κ1) is 37.9. The van der Waals surface area contributed by atoms with Gasteiger partial charge in [-0.3, -0.25) is 4.79 Å². The van der Waals surface area contributed by atoms with Gasteiger partial charge in [-0.05, 0) is 25.1 Å². The Hall–Kier alpha value is -3.87. The highest BCUT2D eigenvalue weighted by molar-refractivity contribution is 5.88. The molecule has 1 aromatic heterocycles. The molecule has 0 unspecified atom stereocenters. The van der Waals surface area contributed by atoms with E-state index in [1.165, 1.54) is 13.0 Å². The monoisotopic (exact) mass is 742 g/mol. The normalized spacial score (nSPS) is 36.9. The minimum absolute atomic E-state index is 0.0673. The summed E-state index contributed by atoms with van der Waals surface area (Å²) in [5, 5.41) is 124. The Kier molecular flexibility index (Phi) is 10.8. The molecule has 14 atom stereocenters. The van der Waals surface area contributed by atoms with E-state index in [0.29, 0.717) is 0 Å². The van der Waals surface area contributed by atoms with E-state index in [4.69, 9.17) is 32.8 Å². The van der Waals surface area contributed by atoms with Crippen molar-refractivity contribution in [1.82, 2.24) is 0 Å². The molecule has 20 nitrogen and oxygen atoms in total. The average molecular weight is 743 g/mol. The Balaban J connectivity index is 1.27. The molecule has 12 N–H and O–H groups in total. The fourth-order valence-electron chi connectivity index (χ4n) is 6.02. The van der Waals surface area contributed by atoms with Gasteiger partial charge in [0.2, 0.25) is 17.5 Å². The number of fused-ring (bicyclic) bond motifs is 1. The summed E-state index contributed by atoms with van der Waals surface area (Å²) in [5.74, 6) is -3.53. The lowest BCUT2D eigenvalue weighted by atomic mass is 9.98. The Morgan fingerprint density at radius 2 is 1.44 bits per heavy atom. The number of phenols is 4. The second kappa shape index (κ2) is 14.9. The van der Waals surface area contributed by atoms with Gasteiger partial charge < -0.3 is 94.1 Å². The van der Waals surface area contributed by atoms with Crippen LogP contribution in [-0.2, 0) is 23.7 Å². The topological polar surface area (TPSA) is 328 Å². The van der Waals surface area contributed by atoms with Crippen molar-refractivity contribution in [3.8, 4) is 40.1 Å². The van der Waals surface area contributed by atoms with E-state index in [9.17, 15) is 66.1 Å². The molecule has 0 aliphatic carbocycles. The van der Waals surface area contributed by atoms with Gasteiger partial charge >= 0.3 is 0 Å². The van der Waals surface area contributed by atoms with Crippen LogP contribution in [0.25, 0.3) is 22.3 Å². The van der Waals surface area contributed by atoms with Crippen molar-refractivity contribution in [1.29, 1.82) is 0 Å². The zero-order valence-electron chi connectivity index (χ0n) is 27.0. The van der Waals surface area contributed by atoms with Crippen LogP contribution in [0.15, 0.2) is 39.5 Å². The Morgan fingerprint density at radius 3 is 2.15 bits per heavy atom. The lowest BCUT2D eigenvalue weighted by Crippen LogP contribution is -2.63. The Labute approximate surface area is 292 Å². The molecule has 4 heterocycles. The van der Waals surface area contributed by atoms with E-state index >= 15 is 0 Å². The fraction of sp³-hybridized carbons (Fsp3) is 0.531. The minimum Gasteiger partial charge on any atom is -0.508 e. The highest BCUT2D eigenvalue weighted by atomic mass is 16.8. The molecular weight excluding hydrogens is 704 g/mol. The van der Waals surface area contributed by atoms with Crippen LogP contribution in [0.4, 0.5) is 0 Å². The number of phenolic OH excluding ortho intramolecular Hbond substituents is 4. The first-order valence-electron chi connectivity index (χ1n) is 15.9. The smallest absolute Gasteiger partial charge is 0.239 e. The molecule has 0 amide bonds. The number of hydrogen-bond donors (Lipinski definition) is 12. The zero-order valence-corrected chi connectivity index (χ0v) is 27.0. The van der Waals surface area contributed by atoms with Gasteiger partial charge in [0.15, 0.2) is 29.8 Å². The van der Waals surface area contributed by atoms with Gasteiger partial charge in [0.1, 0.15) is 83.5 Å². The van der Waals surface area contributed by atoms with Gasteiger partial charge in [-0.25, -0.2) is 0 Å². The van der Waals surface area contributed by atoms with Crippen LogP contribution >= 0.6 is 0 Å². The van der Waals surface area contributed by atoms with Crippen molar-refractivity contribution in [2.45, 2.75) is 92.9 Å². The van der Waals surface area contributed by atoms with Crippen LogP contribution in [0.2, 0.25) is 0 Å². The summed E-state index contributed by atoms with van der Waals surface area (Å²) in [5.41, 5.74) is -1.46. The van der Waals surface area contributed by atoms with Crippen molar-refractivity contribution in [2.24, 2.45) is 0 Å². The second-order valence-corrected chi connectivity index (χ2v) is 12.6. The number of hydrogen-bond acceptors (Lipinski definition) is 20. The third kappa shape index (κ3) is 7.09. The Morgan fingerprint density at radius 1 is 0.731 bits per heavy atom. The zero-order chi connectivity index (χ0) is 37.8. The van der Waals surface area contributed by atoms with E-state index in [0.717, 1.165) is 24.3 Å². The third-order valence-corrected chi connectivity index (χ3v) is 9.01. The maximum absolute atomic E-state index is 13.8. The SMILES string of the molecule is C[C@H]1O[C@@H](OC[C@@H]2O[C@@H](Oc3c(-c4ccc(O)c(O)c4)oc4cc(O)cc(O)c4c3=O)[C@H](O)[C@@H](O)[C@@H]2O)[C@H](O[C@H]2OC[C@@H](O)[C@H](O)[C@H]2O)[C@H](O)[C@H]1O. The quantitative estimate of drug-likeness (QED) is 0.101. The summed E-state index contributed by atoms with van der Waals surface area (Å²) in [6.45, 7) is 0.238. The van der Waals surface area contributed by atoms with E-state index in [2.05, 4.69) is 0 Å². The molecule has 2 aromatic carbocycles. The number of benzene rings is 2. The summed E-state index contributed by atoms with van der Waals surface area (Å²) < 4.78 is 39.5. The highest BCUT2D eigenvalue weighted by Gasteiger charge is 2.50. The molecule has 0 bridgehead atoms. The molecule has 3 fully saturated rings. The molecule has 0 saturated carbocycles. The van der Waals surface area contributed by atoms with Gasteiger partial charge in [-0.15, -0.1) is 0 Å². The number of aliphatic hydroxyl groups is 8. The first-order chi connectivity index (χ1) is 24.6. The summed E-state index contributed by atoms with van der Waals surface area (Å²) in [7, 11) is 0. The minimum atomic E-state index is -2.04. The molecular formula is C32H38O20. The Bertz CT molecular complexity index is 1800. The molecule has 52 heavy (non-hydrogen) atoms. The second-order valence-electron chi connectivity index (χ2n) is 12.6. The average Bonchev–Trinajstić information content (AvgIpc) is 3.10. The van der Waals surface area contributed by atoms with E-state index in [1.54, 1.807) is 0 Å². The summed E-state index contributed by atoms with van der Waals surface area (Å²) >= 11 is 0. The van der Waals surface area contributed by atoms with Crippen molar-refractivity contribution in [2.75, 3.05) is 13.2 Å². The van der Waals surface area contributed by atoms with Crippen molar-refractivity contribution >= 4 is 11.0 Å². The predicted octanol–water partition coefficient (Wildman–Crippen LogP) is -3.22. The lowest BCUT2D eigenvalue weighted by Gasteiger charge is -2.45. The van der Waals surface area contributed by atoms with Gasteiger partial charge in [0.05, 0.1) is 19.3 Å². The largest absolute Gasteiger partial charge is 0.508 e. The predicted molar refractivity (Wildman–Crippen MR) is 167 cm³/mol. The maximum atomic E-state index is 13.8.